The summed E-state index contributed by atoms with van der Waals surface area (Å²) in [5, 5.41) is 13.8. The first-order valence-corrected chi connectivity index (χ1v) is 6.78. The molecular formula is C14H29NO. The van der Waals surface area contributed by atoms with Crippen LogP contribution in [0.2, 0.25) is 0 Å². The molecule has 0 aromatic rings. The van der Waals surface area contributed by atoms with Gasteiger partial charge in [0.25, 0.3) is 0 Å². The number of hydrogen-bond donors (Lipinski definition) is 2. The monoisotopic (exact) mass is 227 g/mol. The van der Waals surface area contributed by atoms with Crippen LogP contribution in [0.1, 0.15) is 59.8 Å². The summed E-state index contributed by atoms with van der Waals surface area (Å²) in [7, 11) is 0. The second kappa shape index (κ2) is 5.50. The third-order valence-electron chi connectivity index (χ3n) is 3.72. The summed E-state index contributed by atoms with van der Waals surface area (Å²) in [6, 6.07) is 0. The van der Waals surface area contributed by atoms with E-state index in [-0.39, 0.29) is 0 Å². The van der Waals surface area contributed by atoms with E-state index >= 15 is 0 Å². The first-order chi connectivity index (χ1) is 7.35. The van der Waals surface area contributed by atoms with Gasteiger partial charge >= 0.3 is 0 Å². The molecule has 1 aliphatic carbocycles. The molecule has 0 saturated heterocycles. The zero-order chi connectivity index (χ0) is 12.2. The third kappa shape index (κ3) is 4.84. The van der Waals surface area contributed by atoms with E-state index in [0.717, 1.165) is 31.8 Å². The maximum atomic E-state index is 10.4. The zero-order valence-electron chi connectivity index (χ0n) is 11.5. The van der Waals surface area contributed by atoms with Crippen LogP contribution in [-0.4, -0.2) is 23.8 Å². The molecule has 0 aromatic heterocycles. The molecule has 2 N–H and O–H groups in total. The molecule has 0 spiro atoms. The van der Waals surface area contributed by atoms with Gasteiger partial charge < -0.3 is 10.4 Å². The molecule has 2 heteroatoms. The zero-order valence-corrected chi connectivity index (χ0v) is 11.5. The quantitative estimate of drug-likeness (QED) is 0.774. The summed E-state index contributed by atoms with van der Waals surface area (Å²) >= 11 is 0. The highest BCUT2D eigenvalue weighted by molar-refractivity contribution is 4.87. The highest BCUT2D eigenvalue weighted by Crippen LogP contribution is 2.33. The Morgan fingerprint density at radius 2 is 1.81 bits per heavy atom. The number of nitrogens with one attached hydrogen (secondary N) is 1. The molecule has 16 heavy (non-hydrogen) atoms. The fraction of sp³-hybridized carbons (Fsp3) is 1.00. The Morgan fingerprint density at radius 3 is 2.25 bits per heavy atom. The lowest BCUT2D eigenvalue weighted by Gasteiger charge is -2.36. The van der Waals surface area contributed by atoms with Gasteiger partial charge in [0.1, 0.15) is 0 Å². The van der Waals surface area contributed by atoms with Gasteiger partial charge in [0.15, 0.2) is 0 Å². The summed E-state index contributed by atoms with van der Waals surface area (Å²) in [5.41, 5.74) is -0.131. The first-order valence-electron chi connectivity index (χ1n) is 6.78. The second-order valence-electron chi connectivity index (χ2n) is 6.74. The molecule has 1 saturated carbocycles. The smallest absolute Gasteiger partial charge is 0.0771 e. The van der Waals surface area contributed by atoms with E-state index in [1.165, 1.54) is 19.3 Å². The van der Waals surface area contributed by atoms with Gasteiger partial charge in [-0.1, -0.05) is 34.1 Å². The van der Waals surface area contributed by atoms with Crippen LogP contribution in [0, 0.1) is 11.3 Å². The second-order valence-corrected chi connectivity index (χ2v) is 6.74. The van der Waals surface area contributed by atoms with Crippen molar-refractivity contribution in [2.45, 2.75) is 65.4 Å². The van der Waals surface area contributed by atoms with Crippen molar-refractivity contribution < 1.29 is 5.11 Å². The Bertz CT molecular complexity index is 199. The summed E-state index contributed by atoms with van der Waals surface area (Å²) in [6.07, 6.45) is 5.62. The maximum absolute atomic E-state index is 10.4. The molecule has 0 aliphatic heterocycles. The van der Waals surface area contributed by atoms with Crippen molar-refractivity contribution in [1.29, 1.82) is 0 Å². The lowest BCUT2D eigenvalue weighted by atomic mass is 9.77. The lowest BCUT2D eigenvalue weighted by Crippen LogP contribution is -2.45. The van der Waals surface area contributed by atoms with Gasteiger partial charge in [-0.25, -0.2) is 0 Å². The predicted molar refractivity (Wildman–Crippen MR) is 69.5 cm³/mol. The molecule has 0 amide bonds. The number of aliphatic hydroxyl groups is 1. The van der Waals surface area contributed by atoms with E-state index in [1.54, 1.807) is 0 Å². The lowest BCUT2D eigenvalue weighted by molar-refractivity contribution is -0.00973. The molecule has 0 heterocycles. The Hall–Kier alpha value is -0.0800. The average molecular weight is 227 g/mol. The van der Waals surface area contributed by atoms with Gasteiger partial charge in [0, 0.05) is 13.1 Å². The largest absolute Gasteiger partial charge is 0.389 e. The van der Waals surface area contributed by atoms with Crippen LogP contribution in [0.25, 0.3) is 0 Å². The molecule has 0 unspecified atom stereocenters. The van der Waals surface area contributed by atoms with Gasteiger partial charge in [0.05, 0.1) is 5.60 Å². The minimum atomic E-state index is -0.434. The molecule has 96 valence electrons. The minimum Gasteiger partial charge on any atom is -0.389 e. The van der Waals surface area contributed by atoms with Crippen LogP contribution < -0.4 is 5.32 Å². The topological polar surface area (TPSA) is 32.3 Å². The van der Waals surface area contributed by atoms with Gasteiger partial charge in [-0.15, -0.1) is 0 Å². The van der Waals surface area contributed by atoms with Crippen LogP contribution in [0.3, 0.4) is 0 Å². The van der Waals surface area contributed by atoms with E-state index < -0.39 is 5.60 Å². The molecule has 1 rings (SSSR count). The third-order valence-corrected chi connectivity index (χ3v) is 3.72. The Labute approximate surface area is 101 Å². The predicted octanol–water partition coefficient (Wildman–Crippen LogP) is 2.95. The fourth-order valence-corrected chi connectivity index (χ4v) is 2.47. The SMILES string of the molecule is CCC1CCC(O)(CNCC(C)(C)C)CC1. The van der Waals surface area contributed by atoms with Crippen molar-refractivity contribution in [3.8, 4) is 0 Å². The minimum absolute atomic E-state index is 0.303. The van der Waals surface area contributed by atoms with E-state index in [1.807, 2.05) is 0 Å². The van der Waals surface area contributed by atoms with Crippen LogP contribution in [0.5, 0.6) is 0 Å². The maximum Gasteiger partial charge on any atom is 0.0771 e. The van der Waals surface area contributed by atoms with E-state index in [4.69, 9.17) is 0 Å². The molecule has 0 aromatic carbocycles. The number of hydrogen-bond acceptors (Lipinski definition) is 2. The number of rotatable bonds is 4. The molecule has 0 radical (unpaired) electrons. The van der Waals surface area contributed by atoms with Crippen molar-refractivity contribution in [1.82, 2.24) is 5.32 Å². The van der Waals surface area contributed by atoms with Gasteiger partial charge in [-0.2, -0.15) is 0 Å². The molecule has 0 atom stereocenters. The van der Waals surface area contributed by atoms with Crippen molar-refractivity contribution in [3.05, 3.63) is 0 Å². The van der Waals surface area contributed by atoms with E-state index in [9.17, 15) is 5.11 Å². The van der Waals surface area contributed by atoms with E-state index in [2.05, 4.69) is 33.0 Å². The molecule has 1 aliphatic rings. The Kier molecular flexibility index (Phi) is 4.81. The summed E-state index contributed by atoms with van der Waals surface area (Å²) in [5.74, 6) is 0.850. The van der Waals surface area contributed by atoms with Gasteiger partial charge in [0.2, 0.25) is 0 Å². The average Bonchev–Trinajstić information content (AvgIpc) is 2.17. The van der Waals surface area contributed by atoms with Gasteiger partial charge in [-0.3, -0.25) is 0 Å². The molecule has 0 bridgehead atoms. The summed E-state index contributed by atoms with van der Waals surface area (Å²) in [4.78, 5) is 0. The standard InChI is InChI=1S/C14H29NO/c1-5-12-6-8-14(16,9-7-12)11-15-10-13(2,3)4/h12,15-16H,5-11H2,1-4H3. The highest BCUT2D eigenvalue weighted by atomic mass is 16.3. The van der Waals surface area contributed by atoms with Crippen LogP contribution >= 0.6 is 0 Å². The molecule has 1 fully saturated rings. The van der Waals surface area contributed by atoms with Crippen LogP contribution in [0.15, 0.2) is 0 Å². The normalized spacial score (nSPS) is 31.7. The molecule has 2 nitrogen and oxygen atoms in total. The van der Waals surface area contributed by atoms with Gasteiger partial charge in [-0.05, 0) is 37.0 Å². The fourth-order valence-electron chi connectivity index (χ4n) is 2.47. The molecular weight excluding hydrogens is 198 g/mol. The highest BCUT2D eigenvalue weighted by Gasteiger charge is 2.32. The van der Waals surface area contributed by atoms with Crippen molar-refractivity contribution in [2.24, 2.45) is 11.3 Å². The summed E-state index contributed by atoms with van der Waals surface area (Å²) < 4.78 is 0. The van der Waals surface area contributed by atoms with Crippen molar-refractivity contribution in [3.63, 3.8) is 0 Å². The van der Waals surface area contributed by atoms with Crippen molar-refractivity contribution >= 4 is 0 Å². The van der Waals surface area contributed by atoms with Crippen LogP contribution in [-0.2, 0) is 0 Å². The Morgan fingerprint density at radius 1 is 1.25 bits per heavy atom. The van der Waals surface area contributed by atoms with Crippen molar-refractivity contribution in [2.75, 3.05) is 13.1 Å². The first kappa shape index (κ1) is 14.0. The van der Waals surface area contributed by atoms with E-state index in [0.29, 0.717) is 5.41 Å². The van der Waals surface area contributed by atoms with Crippen LogP contribution in [0.4, 0.5) is 0 Å². The summed E-state index contributed by atoms with van der Waals surface area (Å²) in [6.45, 7) is 10.7. The Balaban J connectivity index is 2.26.